The Kier molecular flexibility index (Phi) is 5.57. The lowest BCUT2D eigenvalue weighted by atomic mass is 10.2. The molecule has 8 heteroatoms. The monoisotopic (exact) mass is 397 g/mol. The summed E-state index contributed by atoms with van der Waals surface area (Å²) in [6, 6.07) is 9.84. The van der Waals surface area contributed by atoms with Crippen molar-refractivity contribution in [3.05, 3.63) is 61.6 Å². The molecule has 0 saturated heterocycles. The van der Waals surface area contributed by atoms with Crippen LogP contribution in [0.15, 0.2) is 40.9 Å². The first-order chi connectivity index (χ1) is 10.9. The molecule has 1 amide bonds. The van der Waals surface area contributed by atoms with E-state index >= 15 is 0 Å². The third-order valence-electron chi connectivity index (χ3n) is 2.99. The van der Waals surface area contributed by atoms with Crippen LogP contribution in [0.1, 0.15) is 5.56 Å². The number of anilines is 2. The van der Waals surface area contributed by atoms with Gasteiger partial charge in [0.15, 0.2) is 0 Å². The van der Waals surface area contributed by atoms with E-state index in [9.17, 15) is 14.9 Å². The third-order valence-corrected chi connectivity index (χ3v) is 3.80. The van der Waals surface area contributed by atoms with E-state index in [4.69, 9.17) is 11.6 Å². The number of nitro benzene ring substituents is 1. The van der Waals surface area contributed by atoms with Gasteiger partial charge >= 0.3 is 0 Å². The number of nitrogens with one attached hydrogen (secondary N) is 2. The van der Waals surface area contributed by atoms with E-state index < -0.39 is 10.8 Å². The van der Waals surface area contributed by atoms with E-state index in [0.717, 1.165) is 10.0 Å². The van der Waals surface area contributed by atoms with Gasteiger partial charge in [0, 0.05) is 10.5 Å². The van der Waals surface area contributed by atoms with E-state index in [0.29, 0.717) is 10.7 Å². The maximum absolute atomic E-state index is 12.0. The molecule has 0 aliphatic heterocycles. The summed E-state index contributed by atoms with van der Waals surface area (Å²) in [5.41, 5.74) is 1.37. The number of amides is 1. The minimum Gasteiger partial charge on any atom is -0.375 e. The van der Waals surface area contributed by atoms with Gasteiger partial charge in [-0.1, -0.05) is 33.6 Å². The summed E-state index contributed by atoms with van der Waals surface area (Å²) in [4.78, 5) is 22.5. The number of carbonyl (C=O) groups is 1. The topological polar surface area (TPSA) is 84.3 Å². The molecule has 23 heavy (non-hydrogen) atoms. The van der Waals surface area contributed by atoms with Crippen molar-refractivity contribution < 1.29 is 9.72 Å². The molecule has 2 aromatic rings. The largest absolute Gasteiger partial charge is 0.375 e. The predicted molar refractivity (Wildman–Crippen MR) is 94.1 cm³/mol. The Morgan fingerprint density at radius 3 is 2.61 bits per heavy atom. The smallest absolute Gasteiger partial charge is 0.293 e. The third kappa shape index (κ3) is 4.67. The molecule has 0 heterocycles. The number of hydrogen-bond acceptors (Lipinski definition) is 4. The molecule has 0 unspecified atom stereocenters. The Balaban J connectivity index is 2.04. The summed E-state index contributed by atoms with van der Waals surface area (Å²) < 4.78 is 0.827. The minimum atomic E-state index is -0.526. The van der Waals surface area contributed by atoms with Crippen molar-refractivity contribution in [3.8, 4) is 0 Å². The Labute approximate surface area is 146 Å². The van der Waals surface area contributed by atoms with E-state index in [2.05, 4.69) is 26.6 Å². The highest BCUT2D eigenvalue weighted by Crippen LogP contribution is 2.26. The van der Waals surface area contributed by atoms with Crippen LogP contribution in [0, 0.1) is 17.0 Å². The van der Waals surface area contributed by atoms with E-state index in [1.165, 1.54) is 12.1 Å². The van der Waals surface area contributed by atoms with Crippen LogP contribution in [-0.2, 0) is 4.79 Å². The van der Waals surface area contributed by atoms with Crippen molar-refractivity contribution in [1.29, 1.82) is 0 Å². The van der Waals surface area contributed by atoms with E-state index in [1.807, 2.05) is 0 Å². The second-order valence-electron chi connectivity index (χ2n) is 4.80. The lowest BCUT2D eigenvalue weighted by molar-refractivity contribution is -0.384. The van der Waals surface area contributed by atoms with Crippen LogP contribution in [0.25, 0.3) is 0 Å². The number of carbonyl (C=O) groups excluding carboxylic acids is 1. The molecule has 6 nitrogen and oxygen atoms in total. The molecular formula is C15H13BrClN3O3. The SMILES string of the molecule is Cc1ccc(NC(=O)CNc2ccc(Br)cc2Cl)c([N+](=O)[O-])c1. The maximum atomic E-state index is 12.0. The second-order valence-corrected chi connectivity index (χ2v) is 6.13. The fraction of sp³-hybridized carbons (Fsp3) is 0.133. The first-order valence-corrected chi connectivity index (χ1v) is 7.77. The summed E-state index contributed by atoms with van der Waals surface area (Å²) in [7, 11) is 0. The summed E-state index contributed by atoms with van der Waals surface area (Å²) in [6.45, 7) is 1.68. The molecule has 2 rings (SSSR count). The van der Waals surface area contributed by atoms with Gasteiger partial charge in [-0.3, -0.25) is 14.9 Å². The zero-order valence-corrected chi connectivity index (χ0v) is 14.4. The van der Waals surface area contributed by atoms with Crippen molar-refractivity contribution in [2.75, 3.05) is 17.2 Å². The summed E-state index contributed by atoms with van der Waals surface area (Å²) in [6.07, 6.45) is 0. The van der Waals surface area contributed by atoms with Crippen LogP contribution >= 0.6 is 27.5 Å². The minimum absolute atomic E-state index is 0.0631. The lowest BCUT2D eigenvalue weighted by Gasteiger charge is -2.10. The fourth-order valence-corrected chi connectivity index (χ4v) is 2.64. The molecule has 0 atom stereocenters. The highest BCUT2D eigenvalue weighted by atomic mass is 79.9. The van der Waals surface area contributed by atoms with Gasteiger partial charge in [0.05, 0.1) is 22.2 Å². The lowest BCUT2D eigenvalue weighted by Crippen LogP contribution is -2.22. The summed E-state index contributed by atoms with van der Waals surface area (Å²) >= 11 is 9.34. The first kappa shape index (κ1) is 17.2. The molecule has 2 N–H and O–H groups in total. The van der Waals surface area contributed by atoms with Crippen LogP contribution in [0.3, 0.4) is 0 Å². The Morgan fingerprint density at radius 1 is 1.26 bits per heavy atom. The molecule has 120 valence electrons. The molecule has 0 bridgehead atoms. The van der Waals surface area contributed by atoms with Gasteiger partial charge < -0.3 is 10.6 Å². The average Bonchev–Trinajstić information content (AvgIpc) is 2.48. The highest BCUT2D eigenvalue weighted by molar-refractivity contribution is 9.10. The molecule has 0 aromatic heterocycles. The molecule has 2 aromatic carbocycles. The van der Waals surface area contributed by atoms with Gasteiger partial charge in [-0.2, -0.15) is 0 Å². The van der Waals surface area contributed by atoms with Crippen molar-refractivity contribution in [3.63, 3.8) is 0 Å². The van der Waals surface area contributed by atoms with Gasteiger partial charge in [0.1, 0.15) is 5.69 Å². The molecular weight excluding hydrogens is 386 g/mol. The molecule has 0 aliphatic carbocycles. The number of aryl methyl sites for hydroxylation is 1. The van der Waals surface area contributed by atoms with Gasteiger partial charge in [-0.15, -0.1) is 0 Å². The molecule has 0 saturated carbocycles. The quantitative estimate of drug-likeness (QED) is 0.578. The first-order valence-electron chi connectivity index (χ1n) is 6.60. The number of hydrogen-bond donors (Lipinski definition) is 2. The number of benzene rings is 2. The number of rotatable bonds is 5. The Bertz CT molecular complexity index is 768. The normalized spacial score (nSPS) is 10.2. The fourth-order valence-electron chi connectivity index (χ4n) is 1.90. The zero-order valence-electron chi connectivity index (χ0n) is 12.1. The van der Waals surface area contributed by atoms with Crippen LogP contribution in [0.5, 0.6) is 0 Å². The van der Waals surface area contributed by atoms with Crippen molar-refractivity contribution in [2.45, 2.75) is 6.92 Å². The zero-order chi connectivity index (χ0) is 17.0. The Morgan fingerprint density at radius 2 is 1.96 bits per heavy atom. The molecule has 0 aliphatic rings. The molecule has 0 spiro atoms. The van der Waals surface area contributed by atoms with E-state index in [-0.39, 0.29) is 17.9 Å². The summed E-state index contributed by atoms with van der Waals surface area (Å²) in [5, 5.41) is 16.9. The van der Waals surface area contributed by atoms with Gasteiger partial charge in [0.25, 0.3) is 5.69 Å². The van der Waals surface area contributed by atoms with Crippen molar-refractivity contribution >= 4 is 50.5 Å². The summed E-state index contributed by atoms with van der Waals surface area (Å²) in [5.74, 6) is -0.407. The highest BCUT2D eigenvalue weighted by Gasteiger charge is 2.16. The van der Waals surface area contributed by atoms with Gasteiger partial charge in [-0.05, 0) is 36.8 Å². The van der Waals surface area contributed by atoms with E-state index in [1.54, 1.807) is 31.2 Å². The Hall–Kier alpha value is -2.12. The maximum Gasteiger partial charge on any atom is 0.293 e. The van der Waals surface area contributed by atoms with Crippen molar-refractivity contribution in [1.82, 2.24) is 0 Å². The van der Waals surface area contributed by atoms with Crippen LogP contribution < -0.4 is 10.6 Å². The van der Waals surface area contributed by atoms with Gasteiger partial charge in [-0.25, -0.2) is 0 Å². The second kappa shape index (κ2) is 7.43. The van der Waals surface area contributed by atoms with Crippen LogP contribution in [-0.4, -0.2) is 17.4 Å². The van der Waals surface area contributed by atoms with Crippen LogP contribution in [0.2, 0.25) is 5.02 Å². The molecule has 0 radical (unpaired) electrons. The number of nitro groups is 1. The van der Waals surface area contributed by atoms with Gasteiger partial charge in [0.2, 0.25) is 5.91 Å². The number of halogens is 2. The van der Waals surface area contributed by atoms with Crippen LogP contribution in [0.4, 0.5) is 17.1 Å². The predicted octanol–water partition coefficient (Wildman–Crippen LogP) is 4.37. The average molecular weight is 399 g/mol. The standard InChI is InChI=1S/C15H13BrClN3O3/c1-9-2-4-13(14(6-9)20(22)23)19-15(21)8-18-12-5-3-10(16)7-11(12)17/h2-7,18H,8H2,1H3,(H,19,21). The van der Waals surface area contributed by atoms with Crippen molar-refractivity contribution in [2.24, 2.45) is 0 Å². The molecule has 0 fully saturated rings. The number of nitrogens with zero attached hydrogens (tertiary/aromatic N) is 1.